The van der Waals surface area contributed by atoms with Crippen molar-refractivity contribution in [2.24, 2.45) is 5.73 Å². The molecule has 3 aromatic rings. The van der Waals surface area contributed by atoms with Crippen LogP contribution in [0.2, 0.25) is 0 Å². The number of ether oxygens (including phenoxy) is 1. The van der Waals surface area contributed by atoms with E-state index in [4.69, 9.17) is 10.5 Å². The highest BCUT2D eigenvalue weighted by atomic mass is 16.5. The van der Waals surface area contributed by atoms with Crippen molar-refractivity contribution in [2.75, 3.05) is 7.11 Å². The third-order valence-electron chi connectivity index (χ3n) is 4.98. The second-order valence-corrected chi connectivity index (χ2v) is 7.00. The smallest absolute Gasteiger partial charge is 0.336 e. The molecule has 1 saturated carbocycles. The van der Waals surface area contributed by atoms with Gasteiger partial charge in [0.15, 0.2) is 0 Å². The monoisotopic (exact) mass is 378 g/mol. The highest BCUT2D eigenvalue weighted by Crippen LogP contribution is 2.26. The molecule has 28 heavy (non-hydrogen) atoms. The highest BCUT2D eigenvalue weighted by Gasteiger charge is 2.12. The lowest BCUT2D eigenvalue weighted by Crippen LogP contribution is -2.22. The van der Waals surface area contributed by atoms with Crippen molar-refractivity contribution in [2.45, 2.75) is 38.1 Å². The summed E-state index contributed by atoms with van der Waals surface area (Å²) >= 11 is 0. The summed E-state index contributed by atoms with van der Waals surface area (Å²) in [7, 11) is 1.60. The lowest BCUT2D eigenvalue weighted by atomic mass is 9.97. The van der Waals surface area contributed by atoms with Crippen molar-refractivity contribution in [3.05, 3.63) is 60.2 Å². The van der Waals surface area contributed by atoms with Crippen LogP contribution in [0, 0.1) is 0 Å². The molecular weight excluding hydrogens is 352 g/mol. The third-order valence-corrected chi connectivity index (χ3v) is 4.98. The number of hydrogen-bond donors (Lipinski definition) is 2. The number of hydrogen-bond acceptors (Lipinski definition) is 4. The molecule has 0 atom stereocenters. The molecule has 0 radical (unpaired) electrons. The standard InChI is InChI=1S/C17H13NO3.C6H13N/c1-21-12-8-6-11(7-9-12)16-10-14(17(19)20)13-4-2-3-5-15(13)18-16;7-6-4-2-1-3-5-6/h2-10H,1H3,(H,19,20);6H,1-5,7H2. The molecule has 0 bridgehead atoms. The number of carboxylic acids is 1. The quantitative estimate of drug-likeness (QED) is 0.678. The maximum absolute atomic E-state index is 11.5. The Morgan fingerprint density at radius 3 is 2.32 bits per heavy atom. The second-order valence-electron chi connectivity index (χ2n) is 7.00. The molecular formula is C23H26N2O3. The van der Waals surface area contributed by atoms with Crippen LogP contribution in [0.1, 0.15) is 42.5 Å². The molecule has 146 valence electrons. The Morgan fingerprint density at radius 1 is 1.07 bits per heavy atom. The van der Waals surface area contributed by atoms with Crippen molar-refractivity contribution >= 4 is 16.9 Å². The Hall–Kier alpha value is -2.92. The number of para-hydroxylation sites is 1. The number of nitrogens with two attached hydrogens (primary N) is 1. The molecule has 0 saturated heterocycles. The number of nitrogens with zero attached hydrogens (tertiary/aromatic N) is 1. The van der Waals surface area contributed by atoms with Crippen LogP contribution >= 0.6 is 0 Å². The fraction of sp³-hybridized carbons (Fsp3) is 0.304. The maximum Gasteiger partial charge on any atom is 0.336 e. The first kappa shape index (κ1) is 19.8. The van der Waals surface area contributed by atoms with Gasteiger partial charge < -0.3 is 15.6 Å². The number of fused-ring (bicyclic) bond motifs is 1. The van der Waals surface area contributed by atoms with E-state index in [1.807, 2.05) is 42.5 Å². The Balaban J connectivity index is 0.000000271. The molecule has 1 fully saturated rings. The van der Waals surface area contributed by atoms with Gasteiger partial charge in [-0.05, 0) is 49.2 Å². The molecule has 1 aliphatic carbocycles. The third kappa shape index (κ3) is 4.87. The molecule has 0 spiro atoms. The topological polar surface area (TPSA) is 85.4 Å². The number of aromatic carboxylic acids is 1. The Bertz CT molecular complexity index is 932. The lowest BCUT2D eigenvalue weighted by Gasteiger charge is -2.15. The second kappa shape index (κ2) is 9.33. The van der Waals surface area contributed by atoms with Gasteiger partial charge in [-0.3, -0.25) is 0 Å². The number of benzene rings is 2. The number of carboxylic acid groups (broad SMARTS) is 1. The molecule has 0 aliphatic heterocycles. The van der Waals surface area contributed by atoms with Crippen LogP contribution in [0.25, 0.3) is 22.2 Å². The number of pyridine rings is 1. The van der Waals surface area contributed by atoms with E-state index < -0.39 is 5.97 Å². The van der Waals surface area contributed by atoms with Crippen molar-refractivity contribution < 1.29 is 14.6 Å². The molecule has 5 heteroatoms. The lowest BCUT2D eigenvalue weighted by molar-refractivity contribution is 0.0699. The Labute approximate surface area is 165 Å². The summed E-state index contributed by atoms with van der Waals surface area (Å²) in [5.74, 6) is -0.207. The van der Waals surface area contributed by atoms with Gasteiger partial charge in [-0.1, -0.05) is 37.5 Å². The van der Waals surface area contributed by atoms with Crippen molar-refractivity contribution in [3.63, 3.8) is 0 Å². The van der Waals surface area contributed by atoms with Gasteiger partial charge in [0, 0.05) is 17.0 Å². The summed E-state index contributed by atoms with van der Waals surface area (Å²) < 4.78 is 5.12. The summed E-state index contributed by atoms with van der Waals surface area (Å²) in [4.78, 5) is 16.0. The molecule has 2 aromatic carbocycles. The predicted molar refractivity (Wildman–Crippen MR) is 112 cm³/mol. The van der Waals surface area contributed by atoms with E-state index in [0.29, 0.717) is 22.6 Å². The van der Waals surface area contributed by atoms with Gasteiger partial charge in [-0.2, -0.15) is 0 Å². The summed E-state index contributed by atoms with van der Waals surface area (Å²) in [5, 5.41) is 10.0. The van der Waals surface area contributed by atoms with Crippen molar-refractivity contribution in [1.82, 2.24) is 4.98 Å². The van der Waals surface area contributed by atoms with E-state index >= 15 is 0 Å². The molecule has 3 N–H and O–H groups in total. The zero-order valence-corrected chi connectivity index (χ0v) is 16.1. The number of aromatic nitrogens is 1. The minimum atomic E-state index is -0.955. The van der Waals surface area contributed by atoms with E-state index in [1.165, 1.54) is 32.1 Å². The SMILES string of the molecule is COc1ccc(-c2cc(C(=O)O)c3ccccc3n2)cc1.NC1CCCCC1. The average Bonchev–Trinajstić information content (AvgIpc) is 2.74. The fourth-order valence-corrected chi connectivity index (χ4v) is 3.40. The van der Waals surface area contributed by atoms with Gasteiger partial charge in [0.1, 0.15) is 5.75 Å². The number of methoxy groups -OCH3 is 1. The van der Waals surface area contributed by atoms with Crippen LogP contribution < -0.4 is 10.5 Å². The van der Waals surface area contributed by atoms with Crippen LogP contribution in [-0.4, -0.2) is 29.2 Å². The predicted octanol–water partition coefficient (Wildman–Crippen LogP) is 4.89. The van der Waals surface area contributed by atoms with Gasteiger partial charge >= 0.3 is 5.97 Å². The van der Waals surface area contributed by atoms with Crippen LogP contribution in [-0.2, 0) is 0 Å². The van der Waals surface area contributed by atoms with Gasteiger partial charge in [-0.15, -0.1) is 0 Å². The summed E-state index contributed by atoms with van der Waals surface area (Å²) in [6, 6.07) is 16.8. The van der Waals surface area contributed by atoms with Gasteiger partial charge in [0.25, 0.3) is 0 Å². The maximum atomic E-state index is 11.5. The summed E-state index contributed by atoms with van der Waals surface area (Å²) in [5.41, 5.74) is 8.04. The summed E-state index contributed by atoms with van der Waals surface area (Å²) in [6.45, 7) is 0. The molecule has 5 nitrogen and oxygen atoms in total. The van der Waals surface area contributed by atoms with E-state index in [2.05, 4.69) is 4.98 Å². The largest absolute Gasteiger partial charge is 0.497 e. The number of carbonyl (C=O) groups is 1. The molecule has 0 unspecified atom stereocenters. The van der Waals surface area contributed by atoms with E-state index in [9.17, 15) is 9.90 Å². The Morgan fingerprint density at radius 2 is 1.75 bits per heavy atom. The van der Waals surface area contributed by atoms with Gasteiger partial charge in [0.2, 0.25) is 0 Å². The molecule has 1 heterocycles. The molecule has 4 rings (SSSR count). The Kier molecular flexibility index (Phi) is 6.61. The van der Waals surface area contributed by atoms with Crippen LogP contribution in [0.5, 0.6) is 5.75 Å². The fourth-order valence-electron chi connectivity index (χ4n) is 3.40. The van der Waals surface area contributed by atoms with E-state index in [0.717, 1.165) is 11.3 Å². The first-order chi connectivity index (χ1) is 13.6. The zero-order valence-electron chi connectivity index (χ0n) is 16.1. The first-order valence-electron chi connectivity index (χ1n) is 9.61. The van der Waals surface area contributed by atoms with Crippen LogP contribution in [0.15, 0.2) is 54.6 Å². The normalized spacial score (nSPS) is 14.2. The average molecular weight is 378 g/mol. The highest BCUT2D eigenvalue weighted by molar-refractivity contribution is 6.03. The van der Waals surface area contributed by atoms with Gasteiger partial charge in [0.05, 0.1) is 23.9 Å². The number of rotatable bonds is 3. The van der Waals surface area contributed by atoms with Crippen LogP contribution in [0.3, 0.4) is 0 Å². The summed E-state index contributed by atoms with van der Waals surface area (Å²) in [6.07, 6.45) is 6.66. The minimum absolute atomic E-state index is 0.256. The first-order valence-corrected chi connectivity index (χ1v) is 9.61. The molecule has 1 aromatic heterocycles. The van der Waals surface area contributed by atoms with E-state index in [-0.39, 0.29) is 5.56 Å². The molecule has 1 aliphatic rings. The zero-order chi connectivity index (χ0) is 19.9. The van der Waals surface area contributed by atoms with Crippen molar-refractivity contribution in [1.29, 1.82) is 0 Å². The molecule has 0 amide bonds. The van der Waals surface area contributed by atoms with Crippen LogP contribution in [0.4, 0.5) is 0 Å². The van der Waals surface area contributed by atoms with Gasteiger partial charge in [-0.25, -0.2) is 9.78 Å². The van der Waals surface area contributed by atoms with Crippen molar-refractivity contribution in [3.8, 4) is 17.0 Å². The minimum Gasteiger partial charge on any atom is -0.497 e. The van der Waals surface area contributed by atoms with E-state index in [1.54, 1.807) is 19.2 Å².